The van der Waals surface area contributed by atoms with Crippen LogP contribution in [0, 0.1) is 0 Å². The third-order valence-corrected chi connectivity index (χ3v) is 5.35. The van der Waals surface area contributed by atoms with Crippen molar-refractivity contribution in [3.8, 4) is 0 Å². The fraction of sp³-hybridized carbons (Fsp3) is 0.250. The lowest BCUT2D eigenvalue weighted by Gasteiger charge is -2.09. The van der Waals surface area contributed by atoms with Gasteiger partial charge in [-0.15, -0.1) is 0 Å². The standard InChI is InChI=1S/C16H16BrCl2NS/c1-2-7-20-10-11-3-4-12(8-14(11)17)21-13-5-6-15(18)16(19)9-13/h3-6,8-9,20H,2,7,10H2,1H3. The molecule has 0 fully saturated rings. The maximum atomic E-state index is 6.04. The van der Waals surface area contributed by atoms with E-state index in [4.69, 9.17) is 23.2 Å². The number of nitrogens with one attached hydrogen (secondary N) is 1. The van der Waals surface area contributed by atoms with Crippen LogP contribution < -0.4 is 5.32 Å². The summed E-state index contributed by atoms with van der Waals surface area (Å²) in [6, 6.07) is 12.1. The van der Waals surface area contributed by atoms with Gasteiger partial charge in [0.2, 0.25) is 0 Å². The first-order valence-corrected chi connectivity index (χ1v) is 9.08. The Morgan fingerprint density at radius 1 is 1.05 bits per heavy atom. The monoisotopic (exact) mass is 403 g/mol. The van der Waals surface area contributed by atoms with Gasteiger partial charge in [0.15, 0.2) is 0 Å². The predicted molar refractivity (Wildman–Crippen MR) is 96.7 cm³/mol. The van der Waals surface area contributed by atoms with Crippen molar-refractivity contribution in [1.82, 2.24) is 5.32 Å². The first kappa shape index (κ1) is 17.2. The van der Waals surface area contributed by atoms with Crippen molar-refractivity contribution in [2.45, 2.75) is 29.7 Å². The van der Waals surface area contributed by atoms with Gasteiger partial charge in [-0.3, -0.25) is 0 Å². The van der Waals surface area contributed by atoms with Crippen LogP contribution >= 0.6 is 50.9 Å². The van der Waals surface area contributed by atoms with E-state index in [1.54, 1.807) is 11.8 Å². The van der Waals surface area contributed by atoms with Crippen LogP contribution in [0.5, 0.6) is 0 Å². The van der Waals surface area contributed by atoms with Gasteiger partial charge in [0.1, 0.15) is 0 Å². The maximum Gasteiger partial charge on any atom is 0.0603 e. The zero-order chi connectivity index (χ0) is 15.2. The maximum absolute atomic E-state index is 6.04. The van der Waals surface area contributed by atoms with Crippen LogP contribution in [0.4, 0.5) is 0 Å². The smallest absolute Gasteiger partial charge is 0.0603 e. The van der Waals surface area contributed by atoms with Crippen molar-refractivity contribution >= 4 is 50.9 Å². The summed E-state index contributed by atoms with van der Waals surface area (Å²) in [5.74, 6) is 0. The van der Waals surface area contributed by atoms with Crippen molar-refractivity contribution in [3.05, 3.63) is 56.5 Å². The fourth-order valence-corrected chi connectivity index (χ4v) is 3.74. The van der Waals surface area contributed by atoms with Gasteiger partial charge < -0.3 is 5.32 Å². The second kappa shape index (κ2) is 8.44. The van der Waals surface area contributed by atoms with Crippen LogP contribution in [0.3, 0.4) is 0 Å². The second-order valence-electron chi connectivity index (χ2n) is 4.61. The molecule has 0 radical (unpaired) electrons. The van der Waals surface area contributed by atoms with Crippen molar-refractivity contribution in [2.75, 3.05) is 6.54 Å². The van der Waals surface area contributed by atoms with E-state index in [9.17, 15) is 0 Å². The Morgan fingerprint density at radius 2 is 1.76 bits per heavy atom. The SMILES string of the molecule is CCCNCc1ccc(Sc2ccc(Cl)c(Cl)c2)cc1Br. The molecule has 0 aliphatic rings. The minimum Gasteiger partial charge on any atom is -0.313 e. The van der Waals surface area contributed by atoms with Crippen LogP contribution in [-0.2, 0) is 6.54 Å². The van der Waals surface area contributed by atoms with Gasteiger partial charge >= 0.3 is 0 Å². The zero-order valence-corrected chi connectivity index (χ0v) is 15.5. The van der Waals surface area contributed by atoms with E-state index in [0.29, 0.717) is 10.0 Å². The summed E-state index contributed by atoms with van der Waals surface area (Å²) < 4.78 is 1.12. The van der Waals surface area contributed by atoms with E-state index in [0.717, 1.165) is 28.9 Å². The Kier molecular flexibility index (Phi) is 6.90. The molecular weight excluding hydrogens is 389 g/mol. The minimum absolute atomic E-state index is 0.583. The number of hydrogen-bond donors (Lipinski definition) is 1. The van der Waals surface area contributed by atoms with Crippen molar-refractivity contribution in [1.29, 1.82) is 0 Å². The van der Waals surface area contributed by atoms with Gasteiger partial charge in [-0.05, 0) is 48.9 Å². The highest BCUT2D eigenvalue weighted by atomic mass is 79.9. The van der Waals surface area contributed by atoms with Crippen molar-refractivity contribution in [3.63, 3.8) is 0 Å². The van der Waals surface area contributed by atoms with Gasteiger partial charge in [0.25, 0.3) is 0 Å². The molecule has 0 saturated heterocycles. The molecule has 0 aliphatic carbocycles. The molecule has 0 unspecified atom stereocenters. The second-order valence-corrected chi connectivity index (χ2v) is 7.42. The molecule has 2 aromatic carbocycles. The zero-order valence-electron chi connectivity index (χ0n) is 11.6. The molecule has 0 saturated carbocycles. The quantitative estimate of drug-likeness (QED) is 0.558. The van der Waals surface area contributed by atoms with Crippen LogP contribution in [0.2, 0.25) is 10.0 Å². The normalized spacial score (nSPS) is 10.9. The van der Waals surface area contributed by atoms with Gasteiger partial charge in [0, 0.05) is 20.8 Å². The van der Waals surface area contributed by atoms with E-state index in [-0.39, 0.29) is 0 Å². The predicted octanol–water partition coefficient (Wildman–Crippen LogP) is 6.41. The van der Waals surface area contributed by atoms with E-state index < -0.39 is 0 Å². The molecule has 5 heteroatoms. The molecule has 2 aromatic rings. The molecule has 0 bridgehead atoms. The average Bonchev–Trinajstić information content (AvgIpc) is 2.45. The van der Waals surface area contributed by atoms with Gasteiger partial charge in [-0.25, -0.2) is 0 Å². The van der Waals surface area contributed by atoms with Gasteiger partial charge in [0.05, 0.1) is 10.0 Å². The fourth-order valence-electron chi connectivity index (χ4n) is 1.81. The van der Waals surface area contributed by atoms with Gasteiger partial charge in [-0.1, -0.05) is 63.9 Å². The summed E-state index contributed by atoms with van der Waals surface area (Å²) in [5.41, 5.74) is 1.27. The Bertz CT molecular complexity index is 619. The average molecular weight is 405 g/mol. The number of rotatable bonds is 6. The molecule has 2 rings (SSSR count). The van der Waals surface area contributed by atoms with Crippen molar-refractivity contribution in [2.24, 2.45) is 0 Å². The highest BCUT2D eigenvalue weighted by Gasteiger charge is 2.05. The minimum atomic E-state index is 0.583. The van der Waals surface area contributed by atoms with E-state index in [1.165, 1.54) is 10.5 Å². The first-order chi connectivity index (χ1) is 10.1. The molecule has 112 valence electrons. The molecule has 1 N–H and O–H groups in total. The lowest BCUT2D eigenvalue weighted by Crippen LogP contribution is -2.14. The summed E-state index contributed by atoms with van der Waals surface area (Å²) in [7, 11) is 0. The van der Waals surface area contributed by atoms with E-state index in [1.807, 2.05) is 18.2 Å². The van der Waals surface area contributed by atoms with E-state index in [2.05, 4.69) is 46.4 Å². The summed E-state index contributed by atoms with van der Waals surface area (Å²) in [6.07, 6.45) is 1.14. The third-order valence-electron chi connectivity index (χ3n) is 2.89. The largest absolute Gasteiger partial charge is 0.313 e. The van der Waals surface area contributed by atoms with Crippen LogP contribution in [0.15, 0.2) is 50.7 Å². The molecule has 1 nitrogen and oxygen atoms in total. The first-order valence-electron chi connectivity index (χ1n) is 6.72. The topological polar surface area (TPSA) is 12.0 Å². The molecular formula is C16H16BrCl2NS. The molecule has 0 aliphatic heterocycles. The number of benzene rings is 2. The Hall–Kier alpha value is -0.190. The number of hydrogen-bond acceptors (Lipinski definition) is 2. The van der Waals surface area contributed by atoms with Crippen LogP contribution in [-0.4, -0.2) is 6.54 Å². The molecule has 0 amide bonds. The summed E-state index contributed by atoms with van der Waals surface area (Å²) in [4.78, 5) is 2.24. The number of halogens is 3. The highest BCUT2D eigenvalue weighted by Crippen LogP contribution is 2.34. The lowest BCUT2D eigenvalue weighted by molar-refractivity contribution is 0.673. The van der Waals surface area contributed by atoms with Crippen molar-refractivity contribution < 1.29 is 0 Å². The Balaban J connectivity index is 2.07. The summed E-state index contributed by atoms with van der Waals surface area (Å²) in [6.45, 7) is 4.08. The Labute approximate surface area is 148 Å². The molecule has 0 spiro atoms. The van der Waals surface area contributed by atoms with E-state index >= 15 is 0 Å². The Morgan fingerprint density at radius 3 is 2.43 bits per heavy atom. The van der Waals surface area contributed by atoms with Crippen LogP contribution in [0.25, 0.3) is 0 Å². The lowest BCUT2D eigenvalue weighted by atomic mass is 10.2. The van der Waals surface area contributed by atoms with Gasteiger partial charge in [-0.2, -0.15) is 0 Å². The summed E-state index contributed by atoms with van der Waals surface area (Å²) in [5, 5.41) is 4.57. The highest BCUT2D eigenvalue weighted by molar-refractivity contribution is 9.10. The summed E-state index contributed by atoms with van der Waals surface area (Å²) >= 11 is 17.3. The molecule has 0 heterocycles. The molecule has 0 aromatic heterocycles. The molecule has 0 atom stereocenters. The third kappa shape index (κ3) is 5.19. The molecule has 21 heavy (non-hydrogen) atoms. The van der Waals surface area contributed by atoms with Crippen LogP contribution in [0.1, 0.15) is 18.9 Å².